The fraction of sp³-hybridized carbons (Fsp3) is 0.545. The Hall–Kier alpha value is -2.75. The van der Waals surface area contributed by atoms with Crippen LogP contribution in [0.2, 0.25) is 0 Å². The summed E-state index contributed by atoms with van der Waals surface area (Å²) < 4.78 is 14.5. The summed E-state index contributed by atoms with van der Waals surface area (Å²) in [4.78, 5) is 17.2. The number of halogens is 1. The van der Waals surface area contributed by atoms with E-state index in [9.17, 15) is 9.65 Å². The van der Waals surface area contributed by atoms with Crippen molar-refractivity contribution in [1.82, 2.24) is 15.0 Å². The average molecular weight is 394 g/mol. The second kappa shape index (κ2) is 8.32. The average Bonchev–Trinajstić information content (AvgIpc) is 3.21. The standard InChI is InChI=1S/C22H27FN6/c1-3-18-20(23)22(26-14-25-18)28(2)13-15-7-9-29(10-8-15)21-17(12-24)11-16-5-4-6-19(16)27-21/h11,14-15H,3-10,13H2,1-2H3. The predicted octanol–water partition coefficient (Wildman–Crippen LogP) is 3.29. The monoisotopic (exact) mass is 394 g/mol. The SMILES string of the molecule is CCc1ncnc(N(C)CC2CCN(c3nc4c(cc3C#N)CCC4)CC2)c1F. The third-order valence-corrected chi connectivity index (χ3v) is 6.14. The molecule has 0 aromatic carbocycles. The molecular formula is C22H27FN6. The zero-order chi connectivity index (χ0) is 20.4. The summed E-state index contributed by atoms with van der Waals surface area (Å²) in [7, 11) is 1.90. The van der Waals surface area contributed by atoms with E-state index in [1.807, 2.05) is 24.9 Å². The molecule has 0 bridgehead atoms. The molecule has 1 fully saturated rings. The molecule has 152 valence electrons. The largest absolute Gasteiger partial charge is 0.357 e. The van der Waals surface area contributed by atoms with Crippen molar-refractivity contribution in [2.45, 2.75) is 45.4 Å². The Morgan fingerprint density at radius 1 is 1.28 bits per heavy atom. The highest BCUT2D eigenvalue weighted by Crippen LogP contribution is 2.30. The molecule has 7 heteroatoms. The van der Waals surface area contributed by atoms with Crippen molar-refractivity contribution in [1.29, 1.82) is 5.26 Å². The van der Waals surface area contributed by atoms with E-state index in [0.717, 1.165) is 63.3 Å². The van der Waals surface area contributed by atoms with Crippen LogP contribution in [-0.2, 0) is 19.3 Å². The lowest BCUT2D eigenvalue weighted by molar-refractivity contribution is 0.404. The zero-order valence-corrected chi connectivity index (χ0v) is 17.2. The van der Waals surface area contributed by atoms with Crippen LogP contribution in [0.5, 0.6) is 0 Å². The van der Waals surface area contributed by atoms with Gasteiger partial charge in [-0.15, -0.1) is 0 Å². The van der Waals surface area contributed by atoms with Gasteiger partial charge in [0.25, 0.3) is 0 Å². The second-order valence-electron chi connectivity index (χ2n) is 8.05. The van der Waals surface area contributed by atoms with Crippen molar-refractivity contribution < 1.29 is 4.39 Å². The fourth-order valence-electron chi connectivity index (χ4n) is 4.49. The van der Waals surface area contributed by atoms with Gasteiger partial charge in [-0.1, -0.05) is 6.92 Å². The number of rotatable bonds is 5. The van der Waals surface area contributed by atoms with Gasteiger partial charge in [0, 0.05) is 32.4 Å². The molecule has 0 N–H and O–H groups in total. The van der Waals surface area contributed by atoms with Gasteiger partial charge in [0.05, 0.1) is 11.3 Å². The van der Waals surface area contributed by atoms with Gasteiger partial charge in [0.15, 0.2) is 11.6 Å². The Morgan fingerprint density at radius 3 is 2.79 bits per heavy atom. The van der Waals surface area contributed by atoms with Crippen LogP contribution >= 0.6 is 0 Å². The first kappa shape index (κ1) is 19.6. The van der Waals surface area contributed by atoms with Crippen LogP contribution in [0, 0.1) is 23.1 Å². The van der Waals surface area contributed by atoms with Gasteiger partial charge in [-0.2, -0.15) is 5.26 Å². The molecule has 0 saturated carbocycles. The number of anilines is 2. The van der Waals surface area contributed by atoms with Crippen molar-refractivity contribution in [3.63, 3.8) is 0 Å². The molecular weight excluding hydrogens is 367 g/mol. The van der Waals surface area contributed by atoms with Crippen molar-refractivity contribution in [3.05, 3.63) is 40.7 Å². The minimum absolute atomic E-state index is 0.309. The molecule has 2 aromatic rings. The van der Waals surface area contributed by atoms with Gasteiger partial charge in [-0.05, 0) is 56.1 Å². The number of aryl methyl sites for hydroxylation is 3. The molecule has 0 unspecified atom stereocenters. The van der Waals surface area contributed by atoms with Gasteiger partial charge < -0.3 is 9.80 Å². The van der Waals surface area contributed by atoms with Crippen LogP contribution in [0.25, 0.3) is 0 Å². The minimum Gasteiger partial charge on any atom is -0.357 e. The summed E-state index contributed by atoms with van der Waals surface area (Å²) in [6, 6.07) is 4.37. The number of aromatic nitrogens is 3. The molecule has 0 radical (unpaired) electrons. The Kier molecular flexibility index (Phi) is 5.61. The summed E-state index contributed by atoms with van der Waals surface area (Å²) in [6.45, 7) is 4.39. The molecule has 3 heterocycles. The lowest BCUT2D eigenvalue weighted by Crippen LogP contribution is -2.39. The predicted molar refractivity (Wildman–Crippen MR) is 111 cm³/mol. The van der Waals surface area contributed by atoms with E-state index in [1.54, 1.807) is 0 Å². The van der Waals surface area contributed by atoms with Crippen molar-refractivity contribution >= 4 is 11.6 Å². The van der Waals surface area contributed by atoms with Crippen molar-refractivity contribution in [2.24, 2.45) is 5.92 Å². The van der Waals surface area contributed by atoms with E-state index in [0.29, 0.717) is 29.4 Å². The third-order valence-electron chi connectivity index (χ3n) is 6.14. The van der Waals surface area contributed by atoms with E-state index in [-0.39, 0.29) is 5.82 Å². The summed E-state index contributed by atoms with van der Waals surface area (Å²) in [5.41, 5.74) is 3.55. The van der Waals surface area contributed by atoms with Crippen LogP contribution in [-0.4, -0.2) is 41.6 Å². The van der Waals surface area contributed by atoms with Crippen LogP contribution in [0.15, 0.2) is 12.4 Å². The topological polar surface area (TPSA) is 68.9 Å². The highest BCUT2D eigenvalue weighted by molar-refractivity contribution is 5.57. The molecule has 1 aliphatic carbocycles. The third kappa shape index (κ3) is 3.89. The summed E-state index contributed by atoms with van der Waals surface area (Å²) in [6.07, 6.45) is 7.15. The number of piperidine rings is 1. The molecule has 0 spiro atoms. The second-order valence-corrected chi connectivity index (χ2v) is 8.05. The maximum absolute atomic E-state index is 14.5. The minimum atomic E-state index is -0.309. The molecule has 0 amide bonds. The zero-order valence-electron chi connectivity index (χ0n) is 17.2. The summed E-state index contributed by atoms with van der Waals surface area (Å²) in [5, 5.41) is 9.58. The smallest absolute Gasteiger partial charge is 0.187 e. The fourth-order valence-corrected chi connectivity index (χ4v) is 4.49. The Morgan fingerprint density at radius 2 is 2.07 bits per heavy atom. The first-order valence-electron chi connectivity index (χ1n) is 10.5. The Labute approximate surface area is 171 Å². The molecule has 0 atom stereocenters. The number of nitrogens with zero attached hydrogens (tertiary/aromatic N) is 6. The quantitative estimate of drug-likeness (QED) is 0.775. The van der Waals surface area contributed by atoms with Gasteiger partial charge in [0.1, 0.15) is 18.2 Å². The highest BCUT2D eigenvalue weighted by Gasteiger charge is 2.26. The lowest BCUT2D eigenvalue weighted by atomic mass is 9.96. The van der Waals surface area contributed by atoms with E-state index in [1.165, 1.54) is 11.9 Å². The number of fused-ring (bicyclic) bond motifs is 1. The molecule has 2 aromatic heterocycles. The van der Waals surface area contributed by atoms with Crippen LogP contribution < -0.4 is 9.80 Å². The normalized spacial score (nSPS) is 16.6. The maximum atomic E-state index is 14.5. The number of nitriles is 1. The summed E-state index contributed by atoms with van der Waals surface area (Å²) >= 11 is 0. The van der Waals surface area contributed by atoms with Gasteiger partial charge >= 0.3 is 0 Å². The Balaban J connectivity index is 1.41. The number of pyridine rings is 1. The lowest BCUT2D eigenvalue weighted by Gasteiger charge is -2.35. The molecule has 1 saturated heterocycles. The molecule has 2 aliphatic rings. The first-order valence-corrected chi connectivity index (χ1v) is 10.5. The molecule has 6 nitrogen and oxygen atoms in total. The Bertz CT molecular complexity index is 930. The van der Waals surface area contributed by atoms with Crippen LogP contribution in [0.3, 0.4) is 0 Å². The van der Waals surface area contributed by atoms with E-state index < -0.39 is 0 Å². The number of hydrogen-bond donors (Lipinski definition) is 0. The van der Waals surface area contributed by atoms with Crippen LogP contribution in [0.4, 0.5) is 16.0 Å². The van der Waals surface area contributed by atoms with Crippen molar-refractivity contribution in [3.8, 4) is 6.07 Å². The van der Waals surface area contributed by atoms with E-state index in [2.05, 4.69) is 20.9 Å². The van der Waals surface area contributed by atoms with E-state index >= 15 is 0 Å². The van der Waals surface area contributed by atoms with Crippen molar-refractivity contribution in [2.75, 3.05) is 36.5 Å². The molecule has 29 heavy (non-hydrogen) atoms. The van der Waals surface area contributed by atoms with Gasteiger partial charge in [-0.3, -0.25) is 0 Å². The summed E-state index contributed by atoms with van der Waals surface area (Å²) in [5.74, 6) is 1.37. The van der Waals surface area contributed by atoms with Gasteiger partial charge in [0.2, 0.25) is 0 Å². The van der Waals surface area contributed by atoms with E-state index in [4.69, 9.17) is 4.98 Å². The van der Waals surface area contributed by atoms with Crippen LogP contribution in [0.1, 0.15) is 48.7 Å². The first-order chi connectivity index (χ1) is 14.1. The highest BCUT2D eigenvalue weighted by atomic mass is 19.1. The molecule has 1 aliphatic heterocycles. The molecule has 4 rings (SSSR count). The number of hydrogen-bond acceptors (Lipinski definition) is 6. The maximum Gasteiger partial charge on any atom is 0.187 e. The van der Waals surface area contributed by atoms with Gasteiger partial charge in [-0.25, -0.2) is 19.3 Å².